The average Bonchev–Trinajstić information content (AvgIpc) is 2.36. The van der Waals surface area contributed by atoms with Gasteiger partial charge in [-0.1, -0.05) is 26.8 Å². The Labute approximate surface area is 138 Å². The van der Waals surface area contributed by atoms with Crippen LogP contribution >= 0.6 is 0 Å². The zero-order valence-corrected chi connectivity index (χ0v) is 15.8. The molecule has 0 radical (unpaired) electrons. The minimum Gasteiger partial charge on any atom is -0.434 e. The smallest absolute Gasteiger partial charge is 0.387 e. The number of alkyl halides is 2. The van der Waals surface area contributed by atoms with Crippen molar-refractivity contribution in [1.29, 1.82) is 0 Å². The van der Waals surface area contributed by atoms with Crippen LogP contribution in [0.5, 0.6) is 5.75 Å². The molecule has 0 bridgehead atoms. The Morgan fingerprint density at radius 3 is 2.30 bits per heavy atom. The summed E-state index contributed by atoms with van der Waals surface area (Å²) < 4.78 is 35.9. The first-order valence-electron chi connectivity index (χ1n) is 7.81. The van der Waals surface area contributed by atoms with Gasteiger partial charge >= 0.3 is 6.61 Å². The van der Waals surface area contributed by atoms with Gasteiger partial charge in [0.05, 0.1) is 12.7 Å². The lowest BCUT2D eigenvalue weighted by molar-refractivity contribution is -0.0509. The highest BCUT2D eigenvalue weighted by atomic mass is 28.4. The summed E-state index contributed by atoms with van der Waals surface area (Å²) in [5.41, 5.74) is 1.46. The first-order valence-corrected chi connectivity index (χ1v) is 10.7. The fraction of sp³-hybridized carbons (Fsp3) is 0.647. The Kier molecular flexibility index (Phi) is 6.74. The summed E-state index contributed by atoms with van der Waals surface area (Å²) >= 11 is 0. The number of rotatable bonds is 7. The number of ether oxygens (including phenoxy) is 1. The Morgan fingerprint density at radius 2 is 1.83 bits per heavy atom. The van der Waals surface area contributed by atoms with Gasteiger partial charge < -0.3 is 14.3 Å². The van der Waals surface area contributed by atoms with Crippen molar-refractivity contribution in [3.05, 3.63) is 29.3 Å². The summed E-state index contributed by atoms with van der Waals surface area (Å²) in [7, 11) is -1.99. The molecule has 132 valence electrons. The first-order chi connectivity index (χ1) is 10.4. The van der Waals surface area contributed by atoms with E-state index in [1.54, 1.807) is 19.1 Å². The van der Waals surface area contributed by atoms with Gasteiger partial charge in [0.25, 0.3) is 0 Å². The van der Waals surface area contributed by atoms with E-state index in [-0.39, 0.29) is 17.4 Å². The van der Waals surface area contributed by atoms with Gasteiger partial charge in [0, 0.05) is 5.56 Å². The number of hydrogen-bond donors (Lipinski definition) is 1. The van der Waals surface area contributed by atoms with Crippen LogP contribution in [0.4, 0.5) is 8.78 Å². The lowest BCUT2D eigenvalue weighted by Gasteiger charge is -2.36. The van der Waals surface area contributed by atoms with Crippen LogP contribution in [0.3, 0.4) is 0 Å². The maximum atomic E-state index is 12.6. The minimum absolute atomic E-state index is 0.0357. The molecule has 0 aliphatic carbocycles. The monoisotopic (exact) mass is 346 g/mol. The summed E-state index contributed by atoms with van der Waals surface area (Å²) in [5.74, 6) is 0.132. The summed E-state index contributed by atoms with van der Waals surface area (Å²) in [4.78, 5) is 0. The van der Waals surface area contributed by atoms with E-state index in [4.69, 9.17) is 4.43 Å². The summed E-state index contributed by atoms with van der Waals surface area (Å²) in [6, 6.07) is 4.99. The van der Waals surface area contributed by atoms with E-state index >= 15 is 0 Å². The maximum absolute atomic E-state index is 12.6. The van der Waals surface area contributed by atoms with Crippen LogP contribution in [-0.4, -0.2) is 26.1 Å². The van der Waals surface area contributed by atoms with Crippen LogP contribution in [-0.2, 0) is 17.5 Å². The Hall–Kier alpha value is -0.983. The fourth-order valence-electron chi connectivity index (χ4n) is 1.90. The molecule has 1 rings (SSSR count). The second-order valence-corrected chi connectivity index (χ2v) is 12.2. The Bertz CT molecular complexity index is 511. The third-order valence-corrected chi connectivity index (χ3v) is 8.75. The maximum Gasteiger partial charge on any atom is 0.387 e. The van der Waals surface area contributed by atoms with Crippen LogP contribution in [0.15, 0.2) is 18.2 Å². The molecule has 0 saturated heterocycles. The zero-order valence-electron chi connectivity index (χ0n) is 14.8. The molecule has 1 unspecified atom stereocenters. The van der Waals surface area contributed by atoms with Crippen LogP contribution in [0.2, 0.25) is 18.1 Å². The number of aliphatic hydroxyl groups is 1. The third kappa shape index (κ3) is 6.20. The minimum atomic E-state index is -2.87. The summed E-state index contributed by atoms with van der Waals surface area (Å²) in [5, 5.41) is 9.54. The molecule has 1 aromatic rings. The van der Waals surface area contributed by atoms with Crippen LogP contribution in [0.1, 0.15) is 38.8 Å². The van der Waals surface area contributed by atoms with E-state index in [1.807, 2.05) is 0 Å². The number of benzene rings is 1. The normalized spacial score (nSPS) is 14.2. The first kappa shape index (κ1) is 20.1. The van der Waals surface area contributed by atoms with E-state index in [0.29, 0.717) is 12.0 Å². The Balaban J connectivity index is 3.00. The van der Waals surface area contributed by atoms with Crippen molar-refractivity contribution in [1.82, 2.24) is 0 Å². The van der Waals surface area contributed by atoms with Crippen molar-refractivity contribution in [2.24, 2.45) is 0 Å². The lowest BCUT2D eigenvalue weighted by atomic mass is 10.1. The quantitative estimate of drug-likeness (QED) is 0.725. The van der Waals surface area contributed by atoms with Crippen molar-refractivity contribution >= 4 is 8.32 Å². The van der Waals surface area contributed by atoms with Gasteiger partial charge in [0.1, 0.15) is 5.75 Å². The third-order valence-electron chi connectivity index (χ3n) is 4.27. The van der Waals surface area contributed by atoms with Gasteiger partial charge in [-0.05, 0) is 49.2 Å². The largest absolute Gasteiger partial charge is 0.434 e. The van der Waals surface area contributed by atoms with Gasteiger partial charge in [-0.3, -0.25) is 0 Å². The topological polar surface area (TPSA) is 38.7 Å². The molecule has 6 heteroatoms. The lowest BCUT2D eigenvalue weighted by Crippen LogP contribution is -2.40. The second-order valence-electron chi connectivity index (χ2n) is 7.42. The van der Waals surface area contributed by atoms with Crippen molar-refractivity contribution in [2.75, 3.05) is 0 Å². The van der Waals surface area contributed by atoms with Crippen LogP contribution in [0, 0.1) is 0 Å². The second kappa shape index (κ2) is 7.72. The molecule has 1 N–H and O–H groups in total. The molecule has 0 aliphatic rings. The van der Waals surface area contributed by atoms with Gasteiger partial charge in [0.2, 0.25) is 0 Å². The molecule has 0 fully saturated rings. The number of aliphatic hydroxyl groups excluding tert-OH is 1. The number of hydrogen-bond acceptors (Lipinski definition) is 3. The van der Waals surface area contributed by atoms with Crippen molar-refractivity contribution in [2.45, 2.75) is 71.6 Å². The Morgan fingerprint density at radius 1 is 1.22 bits per heavy atom. The van der Waals surface area contributed by atoms with Crippen molar-refractivity contribution in [3.8, 4) is 5.75 Å². The molecular formula is C17H28F2O3Si. The highest BCUT2D eigenvalue weighted by molar-refractivity contribution is 6.74. The van der Waals surface area contributed by atoms with Gasteiger partial charge in [-0.15, -0.1) is 0 Å². The predicted octanol–water partition coefficient (Wildman–Crippen LogP) is 4.73. The fourth-order valence-corrected chi connectivity index (χ4v) is 2.85. The number of halogens is 2. The summed E-state index contributed by atoms with van der Waals surface area (Å²) in [6.07, 6.45) is -0.0341. The van der Waals surface area contributed by atoms with E-state index < -0.39 is 21.0 Å². The van der Waals surface area contributed by atoms with E-state index in [1.165, 1.54) is 6.07 Å². The molecule has 0 amide bonds. The molecule has 0 heterocycles. The van der Waals surface area contributed by atoms with Gasteiger partial charge in [-0.25, -0.2) is 0 Å². The highest BCUT2D eigenvalue weighted by Crippen LogP contribution is 2.37. The highest BCUT2D eigenvalue weighted by Gasteiger charge is 2.37. The average molecular weight is 346 g/mol. The predicted molar refractivity (Wildman–Crippen MR) is 90.4 cm³/mol. The molecule has 1 aromatic carbocycles. The van der Waals surface area contributed by atoms with Crippen molar-refractivity contribution < 1.29 is 23.1 Å². The molecule has 3 nitrogen and oxygen atoms in total. The molecule has 0 spiro atoms. The van der Waals surface area contributed by atoms with E-state index in [2.05, 4.69) is 38.6 Å². The van der Waals surface area contributed by atoms with Crippen LogP contribution < -0.4 is 4.74 Å². The molecule has 0 saturated carbocycles. The molecule has 23 heavy (non-hydrogen) atoms. The van der Waals surface area contributed by atoms with Crippen molar-refractivity contribution in [3.63, 3.8) is 0 Å². The molecular weight excluding hydrogens is 318 g/mol. The van der Waals surface area contributed by atoms with E-state index in [9.17, 15) is 13.9 Å². The standard InChI is InChI=1S/C17H28F2O3Si/c1-12(20)9-13-7-8-15(22-16(18)19)14(10-13)11-21-23(5,6)17(2,3)4/h7-8,10,12,16,20H,9,11H2,1-6H3. The van der Waals surface area contributed by atoms with Crippen LogP contribution in [0.25, 0.3) is 0 Å². The summed E-state index contributed by atoms with van der Waals surface area (Å²) in [6.45, 7) is 9.64. The van der Waals surface area contributed by atoms with Gasteiger partial charge in [-0.2, -0.15) is 8.78 Å². The zero-order chi connectivity index (χ0) is 17.8. The molecule has 0 aliphatic heterocycles. The van der Waals surface area contributed by atoms with E-state index in [0.717, 1.165) is 5.56 Å². The van der Waals surface area contributed by atoms with Gasteiger partial charge in [0.15, 0.2) is 8.32 Å². The molecule has 1 atom stereocenters. The molecule has 0 aromatic heterocycles. The SMILES string of the molecule is CC(O)Cc1ccc(OC(F)F)c(CO[Si](C)(C)C(C)(C)C)c1.